The molecule has 228 valence electrons. The Kier molecular flexibility index (Phi) is 30.6. The predicted molar refractivity (Wildman–Crippen MR) is 170 cm³/mol. The van der Waals surface area contributed by atoms with Gasteiger partial charge in [0.1, 0.15) is 0 Å². The van der Waals surface area contributed by atoms with Crippen molar-refractivity contribution in [2.45, 2.75) is 213 Å². The highest BCUT2D eigenvalue weighted by molar-refractivity contribution is 5.70. The third-order valence-corrected chi connectivity index (χ3v) is 8.86. The molecule has 38 heavy (non-hydrogen) atoms. The fourth-order valence-corrected chi connectivity index (χ4v) is 6.22. The molecule has 0 rings (SSSR count). The van der Waals surface area contributed by atoms with Crippen LogP contribution >= 0.6 is 0 Å². The number of carboxylic acid groups (broad SMARTS) is 1. The normalized spacial score (nSPS) is 13.1. The summed E-state index contributed by atoms with van der Waals surface area (Å²) >= 11 is 0. The van der Waals surface area contributed by atoms with Crippen molar-refractivity contribution in [2.24, 2.45) is 11.8 Å². The zero-order valence-electron chi connectivity index (χ0n) is 26.7. The van der Waals surface area contributed by atoms with Gasteiger partial charge in [0.2, 0.25) is 0 Å². The van der Waals surface area contributed by atoms with Crippen molar-refractivity contribution >= 4 is 5.97 Å². The average molecular weight is 537 g/mol. The van der Waals surface area contributed by atoms with E-state index in [4.69, 9.17) is 0 Å². The summed E-state index contributed by atoms with van der Waals surface area (Å²) in [5.74, 6) is -0.229. The first-order valence-electron chi connectivity index (χ1n) is 17.9. The molecule has 2 nitrogen and oxygen atoms in total. The quantitative estimate of drug-likeness (QED) is 0.0868. The maximum absolute atomic E-state index is 12.2. The maximum atomic E-state index is 12.2. The van der Waals surface area contributed by atoms with Crippen LogP contribution in [0.3, 0.4) is 0 Å². The van der Waals surface area contributed by atoms with Crippen molar-refractivity contribution < 1.29 is 9.90 Å². The van der Waals surface area contributed by atoms with Crippen molar-refractivity contribution in [2.75, 3.05) is 0 Å². The lowest BCUT2D eigenvalue weighted by atomic mass is 9.80. The molecule has 2 atom stereocenters. The molecular weight excluding hydrogens is 464 g/mol. The molecule has 0 saturated heterocycles. The molecule has 0 bridgehead atoms. The molecule has 0 spiro atoms. The Balaban J connectivity index is 4.01. The highest BCUT2D eigenvalue weighted by Gasteiger charge is 2.26. The highest BCUT2D eigenvalue weighted by Crippen LogP contribution is 2.30. The minimum absolute atomic E-state index is 0.108. The van der Waals surface area contributed by atoms with Crippen LogP contribution in [0.5, 0.6) is 0 Å². The Labute approximate surface area is 240 Å². The minimum atomic E-state index is -0.520. The Hall–Kier alpha value is -0.530. The Morgan fingerprint density at radius 3 is 0.921 bits per heavy atom. The Bertz CT molecular complexity index is 460. The van der Waals surface area contributed by atoms with Crippen LogP contribution in [0.25, 0.3) is 0 Å². The Morgan fingerprint density at radius 1 is 0.395 bits per heavy atom. The molecule has 0 fully saturated rings. The topological polar surface area (TPSA) is 37.3 Å². The van der Waals surface area contributed by atoms with Gasteiger partial charge >= 0.3 is 5.97 Å². The first-order chi connectivity index (χ1) is 18.7. The largest absolute Gasteiger partial charge is 0.481 e. The van der Waals surface area contributed by atoms with Crippen LogP contribution in [-0.2, 0) is 4.79 Å². The van der Waals surface area contributed by atoms with Gasteiger partial charge in [-0.3, -0.25) is 4.79 Å². The number of rotatable bonds is 32. The van der Waals surface area contributed by atoms with Gasteiger partial charge in [-0.1, -0.05) is 194 Å². The maximum Gasteiger partial charge on any atom is 0.306 e. The number of carbonyl (C=O) groups is 1. The Morgan fingerprint density at radius 2 is 0.632 bits per heavy atom. The van der Waals surface area contributed by atoms with Gasteiger partial charge in [0.25, 0.3) is 0 Å². The first-order valence-corrected chi connectivity index (χ1v) is 17.9. The van der Waals surface area contributed by atoms with Gasteiger partial charge in [0.05, 0.1) is 5.92 Å². The summed E-state index contributed by atoms with van der Waals surface area (Å²) in [6.45, 7) is 6.81. The number of aliphatic carboxylic acids is 1. The summed E-state index contributed by atoms with van der Waals surface area (Å²) in [6.07, 6.45) is 39.5. The lowest BCUT2D eigenvalue weighted by Gasteiger charge is -2.24. The van der Waals surface area contributed by atoms with Gasteiger partial charge < -0.3 is 5.11 Å². The molecule has 0 aliphatic carbocycles. The van der Waals surface area contributed by atoms with E-state index in [0.29, 0.717) is 5.92 Å². The standard InChI is InChI=1S/C36H72O2/c1-4-7-10-13-15-16-17-18-19-20-21-22-23-25-26-29-32-34(31-28-12-9-6-3)35(36(37)38)33-30-27-24-14-11-8-5-2/h34-35H,4-33H2,1-3H3,(H,37,38). The first kappa shape index (κ1) is 37.5. The fraction of sp³-hybridized carbons (Fsp3) is 0.972. The van der Waals surface area contributed by atoms with Gasteiger partial charge in [-0.25, -0.2) is 0 Å². The minimum Gasteiger partial charge on any atom is -0.481 e. The van der Waals surface area contributed by atoms with Crippen LogP contribution in [-0.4, -0.2) is 11.1 Å². The van der Waals surface area contributed by atoms with E-state index in [1.165, 1.54) is 167 Å². The predicted octanol–water partition coefficient (Wildman–Crippen LogP) is 13.1. The summed E-state index contributed by atoms with van der Waals surface area (Å²) < 4.78 is 0. The van der Waals surface area contributed by atoms with E-state index in [1.807, 2.05) is 0 Å². The molecule has 0 aliphatic rings. The van der Waals surface area contributed by atoms with E-state index >= 15 is 0 Å². The molecule has 2 heteroatoms. The van der Waals surface area contributed by atoms with Crippen LogP contribution in [0.15, 0.2) is 0 Å². The van der Waals surface area contributed by atoms with Crippen molar-refractivity contribution in [1.29, 1.82) is 0 Å². The van der Waals surface area contributed by atoms with Crippen LogP contribution in [0.1, 0.15) is 213 Å². The molecule has 0 aromatic rings. The second kappa shape index (κ2) is 31.0. The molecule has 0 saturated carbocycles. The summed E-state index contributed by atoms with van der Waals surface area (Å²) in [5.41, 5.74) is 0. The number of hydrogen-bond acceptors (Lipinski definition) is 1. The molecule has 1 N–H and O–H groups in total. The van der Waals surface area contributed by atoms with E-state index in [-0.39, 0.29) is 5.92 Å². The van der Waals surface area contributed by atoms with E-state index in [9.17, 15) is 9.90 Å². The zero-order chi connectivity index (χ0) is 27.9. The van der Waals surface area contributed by atoms with E-state index in [0.717, 1.165) is 25.7 Å². The van der Waals surface area contributed by atoms with Crippen LogP contribution in [0.4, 0.5) is 0 Å². The molecule has 0 aromatic carbocycles. The number of carboxylic acids is 1. The molecule has 0 radical (unpaired) electrons. The third kappa shape index (κ3) is 25.7. The summed E-state index contributed by atoms with van der Waals surface area (Å²) in [7, 11) is 0. The molecule has 0 aromatic heterocycles. The highest BCUT2D eigenvalue weighted by atomic mass is 16.4. The smallest absolute Gasteiger partial charge is 0.306 e. The van der Waals surface area contributed by atoms with Gasteiger partial charge in [-0.15, -0.1) is 0 Å². The van der Waals surface area contributed by atoms with Gasteiger partial charge in [0.15, 0.2) is 0 Å². The molecular formula is C36H72O2. The number of unbranched alkanes of at least 4 members (excludes halogenated alkanes) is 24. The second-order valence-corrected chi connectivity index (χ2v) is 12.6. The van der Waals surface area contributed by atoms with Crippen molar-refractivity contribution in [3.05, 3.63) is 0 Å². The van der Waals surface area contributed by atoms with Crippen molar-refractivity contribution in [3.8, 4) is 0 Å². The monoisotopic (exact) mass is 537 g/mol. The third-order valence-electron chi connectivity index (χ3n) is 8.86. The summed E-state index contributed by atoms with van der Waals surface area (Å²) in [6, 6.07) is 0. The van der Waals surface area contributed by atoms with E-state index in [2.05, 4.69) is 20.8 Å². The average Bonchev–Trinajstić information content (AvgIpc) is 2.91. The van der Waals surface area contributed by atoms with Gasteiger partial charge in [-0.2, -0.15) is 0 Å². The van der Waals surface area contributed by atoms with Crippen molar-refractivity contribution in [1.82, 2.24) is 0 Å². The number of hydrogen-bond donors (Lipinski definition) is 1. The van der Waals surface area contributed by atoms with E-state index in [1.54, 1.807) is 0 Å². The summed E-state index contributed by atoms with van der Waals surface area (Å²) in [5, 5.41) is 10.1. The molecule has 0 heterocycles. The van der Waals surface area contributed by atoms with Crippen LogP contribution in [0, 0.1) is 11.8 Å². The lowest BCUT2D eigenvalue weighted by Crippen LogP contribution is -2.24. The van der Waals surface area contributed by atoms with E-state index < -0.39 is 5.97 Å². The molecule has 0 aliphatic heterocycles. The van der Waals surface area contributed by atoms with Gasteiger partial charge in [-0.05, 0) is 25.2 Å². The SMILES string of the molecule is CCCCCCCCCCCCCCCCCCC(CCCCCC)C(CCCCCCCCC)C(=O)O. The zero-order valence-corrected chi connectivity index (χ0v) is 26.7. The second-order valence-electron chi connectivity index (χ2n) is 12.6. The van der Waals surface area contributed by atoms with Crippen molar-refractivity contribution in [3.63, 3.8) is 0 Å². The summed E-state index contributed by atoms with van der Waals surface area (Å²) in [4.78, 5) is 12.2. The molecule has 2 unspecified atom stereocenters. The fourth-order valence-electron chi connectivity index (χ4n) is 6.22. The molecule has 0 amide bonds. The van der Waals surface area contributed by atoms with Gasteiger partial charge in [0, 0.05) is 0 Å². The van der Waals surface area contributed by atoms with Crippen LogP contribution < -0.4 is 0 Å². The lowest BCUT2D eigenvalue weighted by molar-refractivity contribution is -0.144. The van der Waals surface area contributed by atoms with Crippen LogP contribution in [0.2, 0.25) is 0 Å².